The summed E-state index contributed by atoms with van der Waals surface area (Å²) < 4.78 is 0. The molecule has 3 N–H and O–H groups in total. The number of aryl methyl sites for hydroxylation is 2. The maximum Gasteiger partial charge on any atom is 0.104 e. The lowest BCUT2D eigenvalue weighted by Gasteiger charge is -2.09. The summed E-state index contributed by atoms with van der Waals surface area (Å²) in [6, 6.07) is 9.88. The predicted octanol–water partition coefficient (Wildman–Crippen LogP) is 3.08. The van der Waals surface area contributed by atoms with E-state index in [0.717, 1.165) is 28.2 Å². The first-order valence-electron chi connectivity index (χ1n) is 5.66. The van der Waals surface area contributed by atoms with Gasteiger partial charge in [0.15, 0.2) is 0 Å². The Bertz CT molecular complexity index is 576. The quantitative estimate of drug-likeness (QED) is 0.830. The van der Waals surface area contributed by atoms with E-state index >= 15 is 0 Å². The number of nitrogens with zero attached hydrogens (tertiary/aromatic N) is 1. The lowest BCUT2D eigenvalue weighted by molar-refractivity contribution is 1.20. The highest BCUT2D eigenvalue weighted by molar-refractivity contribution is 7.80. The SMILES string of the molecule is Cc1ccc(Nc2ccc(C(N)=S)c(C)c2)cn1. The zero-order valence-electron chi connectivity index (χ0n) is 10.4. The highest BCUT2D eigenvalue weighted by atomic mass is 32.1. The Kier molecular flexibility index (Phi) is 3.58. The fourth-order valence-electron chi connectivity index (χ4n) is 1.73. The molecule has 0 atom stereocenters. The first kappa shape index (κ1) is 12.5. The van der Waals surface area contributed by atoms with Crippen LogP contribution in [0.2, 0.25) is 0 Å². The molecule has 3 nitrogen and oxygen atoms in total. The Labute approximate surface area is 112 Å². The molecule has 0 aliphatic heterocycles. The van der Waals surface area contributed by atoms with Crippen molar-refractivity contribution >= 4 is 28.6 Å². The van der Waals surface area contributed by atoms with Crippen LogP contribution in [-0.4, -0.2) is 9.97 Å². The van der Waals surface area contributed by atoms with Gasteiger partial charge in [-0.1, -0.05) is 12.2 Å². The average molecular weight is 257 g/mol. The molecule has 1 heterocycles. The van der Waals surface area contributed by atoms with E-state index in [4.69, 9.17) is 18.0 Å². The first-order chi connectivity index (χ1) is 8.56. The van der Waals surface area contributed by atoms with E-state index < -0.39 is 0 Å². The van der Waals surface area contributed by atoms with Gasteiger partial charge in [-0.3, -0.25) is 4.98 Å². The molecule has 0 saturated carbocycles. The van der Waals surface area contributed by atoms with Gasteiger partial charge in [0.25, 0.3) is 0 Å². The van der Waals surface area contributed by atoms with Gasteiger partial charge < -0.3 is 11.1 Å². The number of thiocarbonyl (C=S) groups is 1. The molecular formula is C14H15N3S. The summed E-state index contributed by atoms with van der Waals surface area (Å²) in [5.74, 6) is 0. The van der Waals surface area contributed by atoms with Crippen LogP contribution >= 0.6 is 12.2 Å². The third-order valence-corrected chi connectivity index (χ3v) is 2.91. The summed E-state index contributed by atoms with van der Waals surface area (Å²) in [5, 5.41) is 3.29. The Morgan fingerprint density at radius 3 is 2.44 bits per heavy atom. The molecule has 0 bridgehead atoms. The number of nitrogens with two attached hydrogens (primary N) is 1. The van der Waals surface area contributed by atoms with Crippen LogP contribution in [0.5, 0.6) is 0 Å². The van der Waals surface area contributed by atoms with Crippen LogP contribution in [0.3, 0.4) is 0 Å². The average Bonchev–Trinajstić information content (AvgIpc) is 2.32. The second-order valence-electron chi connectivity index (χ2n) is 4.21. The number of benzene rings is 1. The van der Waals surface area contributed by atoms with Gasteiger partial charge in [-0.05, 0) is 49.7 Å². The van der Waals surface area contributed by atoms with Gasteiger partial charge in [-0.2, -0.15) is 0 Å². The van der Waals surface area contributed by atoms with Crippen LogP contribution in [0.15, 0.2) is 36.5 Å². The molecule has 1 aromatic carbocycles. The van der Waals surface area contributed by atoms with Gasteiger partial charge in [0.2, 0.25) is 0 Å². The van der Waals surface area contributed by atoms with Crippen LogP contribution in [0.1, 0.15) is 16.8 Å². The molecule has 2 rings (SSSR count). The molecule has 92 valence electrons. The molecule has 0 spiro atoms. The Morgan fingerprint density at radius 1 is 1.17 bits per heavy atom. The summed E-state index contributed by atoms with van der Waals surface area (Å²) >= 11 is 4.98. The number of anilines is 2. The molecular weight excluding hydrogens is 242 g/mol. The third-order valence-electron chi connectivity index (χ3n) is 2.69. The molecule has 0 radical (unpaired) electrons. The van der Waals surface area contributed by atoms with Crippen molar-refractivity contribution in [3.63, 3.8) is 0 Å². The summed E-state index contributed by atoms with van der Waals surface area (Å²) in [6.07, 6.45) is 1.81. The highest BCUT2D eigenvalue weighted by Crippen LogP contribution is 2.19. The van der Waals surface area contributed by atoms with Crippen molar-refractivity contribution in [1.82, 2.24) is 4.98 Å². The minimum atomic E-state index is 0.427. The van der Waals surface area contributed by atoms with E-state index in [0.29, 0.717) is 4.99 Å². The predicted molar refractivity (Wildman–Crippen MR) is 79.3 cm³/mol. The molecule has 18 heavy (non-hydrogen) atoms. The van der Waals surface area contributed by atoms with Crippen molar-refractivity contribution in [2.24, 2.45) is 5.73 Å². The van der Waals surface area contributed by atoms with Gasteiger partial charge in [0.1, 0.15) is 4.99 Å². The van der Waals surface area contributed by atoms with Crippen LogP contribution in [0.25, 0.3) is 0 Å². The minimum absolute atomic E-state index is 0.427. The van der Waals surface area contributed by atoms with Crippen molar-refractivity contribution in [3.05, 3.63) is 53.3 Å². The number of hydrogen-bond acceptors (Lipinski definition) is 3. The van der Waals surface area contributed by atoms with E-state index in [1.54, 1.807) is 0 Å². The molecule has 2 aromatic rings. The second-order valence-corrected chi connectivity index (χ2v) is 4.65. The Balaban J connectivity index is 2.22. The topological polar surface area (TPSA) is 50.9 Å². The van der Waals surface area contributed by atoms with E-state index in [2.05, 4.69) is 10.3 Å². The lowest BCUT2D eigenvalue weighted by Crippen LogP contribution is -2.11. The fraction of sp³-hybridized carbons (Fsp3) is 0.143. The molecule has 0 saturated heterocycles. The molecule has 0 aliphatic carbocycles. The van der Waals surface area contributed by atoms with Gasteiger partial charge in [0.05, 0.1) is 11.9 Å². The summed E-state index contributed by atoms with van der Waals surface area (Å²) in [5.41, 5.74) is 10.6. The molecule has 0 amide bonds. The maximum absolute atomic E-state index is 5.63. The van der Waals surface area contributed by atoms with Gasteiger partial charge >= 0.3 is 0 Å². The Hall–Kier alpha value is -1.94. The molecule has 1 aromatic heterocycles. The Morgan fingerprint density at radius 2 is 1.89 bits per heavy atom. The smallest absolute Gasteiger partial charge is 0.104 e. The van der Waals surface area contributed by atoms with Crippen molar-refractivity contribution in [2.75, 3.05) is 5.32 Å². The van der Waals surface area contributed by atoms with Crippen molar-refractivity contribution < 1.29 is 0 Å². The molecule has 0 fully saturated rings. The number of pyridine rings is 1. The van der Waals surface area contributed by atoms with Crippen molar-refractivity contribution in [2.45, 2.75) is 13.8 Å². The largest absolute Gasteiger partial charge is 0.389 e. The van der Waals surface area contributed by atoms with E-state index in [-0.39, 0.29) is 0 Å². The van der Waals surface area contributed by atoms with E-state index in [9.17, 15) is 0 Å². The van der Waals surface area contributed by atoms with Crippen molar-refractivity contribution in [3.8, 4) is 0 Å². The lowest BCUT2D eigenvalue weighted by atomic mass is 10.1. The monoisotopic (exact) mass is 257 g/mol. The third kappa shape index (κ3) is 2.84. The minimum Gasteiger partial charge on any atom is -0.389 e. The molecule has 0 aliphatic rings. The standard InChI is InChI=1S/C14H15N3S/c1-9-7-11(5-6-13(9)14(15)18)17-12-4-3-10(2)16-8-12/h3-8,17H,1-2H3,(H2,15,18). The summed E-state index contributed by atoms with van der Waals surface area (Å²) in [6.45, 7) is 3.96. The molecule has 0 unspecified atom stereocenters. The fourth-order valence-corrected chi connectivity index (χ4v) is 1.96. The van der Waals surface area contributed by atoms with Gasteiger partial charge in [-0.15, -0.1) is 0 Å². The van der Waals surface area contributed by atoms with Crippen LogP contribution in [0.4, 0.5) is 11.4 Å². The van der Waals surface area contributed by atoms with Gasteiger partial charge in [0, 0.05) is 16.9 Å². The maximum atomic E-state index is 5.63. The van der Waals surface area contributed by atoms with E-state index in [1.165, 1.54) is 0 Å². The number of nitrogens with one attached hydrogen (secondary N) is 1. The zero-order chi connectivity index (χ0) is 13.1. The summed E-state index contributed by atoms with van der Waals surface area (Å²) in [7, 11) is 0. The number of rotatable bonds is 3. The van der Waals surface area contributed by atoms with Crippen LogP contribution in [-0.2, 0) is 0 Å². The first-order valence-corrected chi connectivity index (χ1v) is 6.07. The highest BCUT2D eigenvalue weighted by Gasteiger charge is 2.02. The number of hydrogen-bond donors (Lipinski definition) is 2. The van der Waals surface area contributed by atoms with Gasteiger partial charge in [-0.25, -0.2) is 0 Å². The van der Waals surface area contributed by atoms with Crippen molar-refractivity contribution in [1.29, 1.82) is 0 Å². The molecule has 4 heteroatoms. The van der Waals surface area contributed by atoms with Crippen LogP contribution < -0.4 is 11.1 Å². The zero-order valence-corrected chi connectivity index (χ0v) is 11.2. The normalized spacial score (nSPS) is 10.1. The van der Waals surface area contributed by atoms with E-state index in [1.807, 2.05) is 50.4 Å². The second kappa shape index (κ2) is 5.14. The summed E-state index contributed by atoms with van der Waals surface area (Å²) in [4.78, 5) is 4.67. The number of aromatic nitrogens is 1. The van der Waals surface area contributed by atoms with Crippen LogP contribution in [0, 0.1) is 13.8 Å².